The number of rotatable bonds is 5. The number of nitrogens with one attached hydrogen (secondary N) is 2. The van der Waals surface area contributed by atoms with Gasteiger partial charge in [0.15, 0.2) is 0 Å². The Morgan fingerprint density at radius 3 is 2.83 bits per heavy atom. The molecule has 4 aromatic rings. The topological polar surface area (TPSA) is 113 Å². The normalized spacial score (nSPS) is 11.2. The number of benzene rings is 2. The molecule has 0 atom stereocenters. The van der Waals surface area contributed by atoms with Gasteiger partial charge in [0.25, 0.3) is 11.6 Å². The van der Waals surface area contributed by atoms with E-state index in [0.717, 1.165) is 25.9 Å². The predicted molar refractivity (Wildman–Crippen MR) is 115 cm³/mol. The Labute approximate surface area is 176 Å². The Morgan fingerprint density at radius 1 is 1.28 bits per heavy atom. The van der Waals surface area contributed by atoms with E-state index in [1.165, 1.54) is 29.7 Å². The standard InChI is InChI=1S/C19H12BrN5O3S/c20-12-3-6-16-14(7-12)15(9-21-16)19-23-17(10-29-19)18(26)24-22-8-11-1-4-13(5-2-11)25(27)28/h1-10,21H,(H,24,26)/b22-8+. The van der Waals surface area contributed by atoms with E-state index in [-0.39, 0.29) is 11.4 Å². The minimum absolute atomic E-state index is 0.00880. The van der Waals surface area contributed by atoms with Gasteiger partial charge in [-0.25, -0.2) is 10.4 Å². The number of halogens is 1. The van der Waals surface area contributed by atoms with Crippen molar-refractivity contribution in [2.24, 2.45) is 5.10 Å². The third-order valence-corrected chi connectivity index (χ3v) is 5.46. The minimum atomic E-state index is -0.477. The maximum Gasteiger partial charge on any atom is 0.290 e. The van der Waals surface area contributed by atoms with Crippen molar-refractivity contribution in [3.8, 4) is 10.6 Å². The zero-order valence-corrected chi connectivity index (χ0v) is 17.0. The number of fused-ring (bicyclic) bond motifs is 1. The van der Waals surface area contributed by atoms with Crippen LogP contribution in [-0.4, -0.2) is 27.0 Å². The number of H-pyrrole nitrogens is 1. The first-order valence-electron chi connectivity index (χ1n) is 8.31. The number of aromatic amines is 1. The van der Waals surface area contributed by atoms with Crippen LogP contribution in [0.1, 0.15) is 16.1 Å². The van der Waals surface area contributed by atoms with Gasteiger partial charge >= 0.3 is 0 Å². The van der Waals surface area contributed by atoms with Crippen LogP contribution < -0.4 is 5.43 Å². The third-order valence-electron chi connectivity index (χ3n) is 4.09. The molecule has 4 rings (SSSR count). The first kappa shape index (κ1) is 19.0. The highest BCUT2D eigenvalue weighted by molar-refractivity contribution is 9.10. The maximum absolute atomic E-state index is 12.3. The zero-order chi connectivity index (χ0) is 20.4. The number of nitrogens with zero attached hydrogens (tertiary/aromatic N) is 3. The van der Waals surface area contributed by atoms with E-state index in [0.29, 0.717) is 5.56 Å². The largest absolute Gasteiger partial charge is 0.360 e. The summed E-state index contributed by atoms with van der Waals surface area (Å²) >= 11 is 4.83. The van der Waals surface area contributed by atoms with E-state index in [9.17, 15) is 14.9 Å². The van der Waals surface area contributed by atoms with Crippen LogP contribution in [0.5, 0.6) is 0 Å². The van der Waals surface area contributed by atoms with E-state index in [1.54, 1.807) is 17.5 Å². The van der Waals surface area contributed by atoms with Crippen LogP contribution in [0, 0.1) is 10.1 Å². The molecule has 144 valence electrons. The summed E-state index contributed by atoms with van der Waals surface area (Å²) in [5.74, 6) is -0.438. The summed E-state index contributed by atoms with van der Waals surface area (Å²) in [5, 5.41) is 17.9. The number of nitro benzene ring substituents is 1. The summed E-state index contributed by atoms with van der Waals surface area (Å²) in [5.41, 5.74) is 5.19. The van der Waals surface area contributed by atoms with E-state index in [2.05, 4.69) is 36.4 Å². The second-order valence-electron chi connectivity index (χ2n) is 5.98. The van der Waals surface area contributed by atoms with E-state index in [4.69, 9.17) is 0 Å². The van der Waals surface area contributed by atoms with Crippen molar-refractivity contribution in [1.29, 1.82) is 0 Å². The number of non-ortho nitro benzene ring substituents is 1. The molecule has 2 heterocycles. The molecule has 0 unspecified atom stereocenters. The molecule has 0 bridgehead atoms. The molecule has 0 radical (unpaired) electrons. The first-order chi connectivity index (χ1) is 14.0. The number of amides is 1. The molecule has 0 aliphatic rings. The smallest absolute Gasteiger partial charge is 0.290 e. The highest BCUT2D eigenvalue weighted by Crippen LogP contribution is 2.32. The SMILES string of the molecule is O=C(N/N=C/c1ccc([N+](=O)[O-])cc1)c1csc(-c2c[nH]c3ccc(Br)cc23)n1. The highest BCUT2D eigenvalue weighted by Gasteiger charge is 2.14. The summed E-state index contributed by atoms with van der Waals surface area (Å²) in [6.07, 6.45) is 3.27. The van der Waals surface area contributed by atoms with Crippen molar-refractivity contribution >= 4 is 56.0 Å². The number of thiazole rings is 1. The van der Waals surface area contributed by atoms with Gasteiger partial charge in [-0.3, -0.25) is 14.9 Å². The molecular weight excluding hydrogens is 458 g/mol. The summed E-state index contributed by atoms with van der Waals surface area (Å²) in [7, 11) is 0. The molecule has 10 heteroatoms. The third kappa shape index (κ3) is 4.08. The Balaban J connectivity index is 1.47. The molecule has 2 N–H and O–H groups in total. The Morgan fingerprint density at radius 2 is 2.07 bits per heavy atom. The lowest BCUT2D eigenvalue weighted by atomic mass is 10.2. The van der Waals surface area contributed by atoms with Crippen LogP contribution in [-0.2, 0) is 0 Å². The van der Waals surface area contributed by atoms with Gasteiger partial charge in [0, 0.05) is 44.6 Å². The average molecular weight is 470 g/mol. The molecule has 0 spiro atoms. The van der Waals surface area contributed by atoms with Crippen molar-refractivity contribution in [3.05, 3.63) is 79.9 Å². The molecule has 29 heavy (non-hydrogen) atoms. The fourth-order valence-electron chi connectivity index (χ4n) is 2.68. The predicted octanol–water partition coefficient (Wildman–Crippen LogP) is 4.73. The number of carbonyl (C=O) groups excluding carboxylic acids is 1. The lowest BCUT2D eigenvalue weighted by Gasteiger charge is -1.97. The van der Waals surface area contributed by atoms with Gasteiger partial charge in [-0.15, -0.1) is 11.3 Å². The summed E-state index contributed by atoms with van der Waals surface area (Å²) < 4.78 is 0.959. The Bertz CT molecular complexity index is 1250. The van der Waals surface area contributed by atoms with Gasteiger partial charge in [0.1, 0.15) is 10.7 Å². The van der Waals surface area contributed by atoms with Crippen LogP contribution in [0.25, 0.3) is 21.5 Å². The molecule has 0 fully saturated rings. The molecule has 0 aliphatic heterocycles. The highest BCUT2D eigenvalue weighted by atomic mass is 79.9. The number of hydrogen-bond donors (Lipinski definition) is 2. The maximum atomic E-state index is 12.3. The molecule has 8 nitrogen and oxygen atoms in total. The molecule has 1 amide bonds. The Hall–Kier alpha value is -3.37. The van der Waals surface area contributed by atoms with E-state index < -0.39 is 10.8 Å². The van der Waals surface area contributed by atoms with Crippen LogP contribution in [0.4, 0.5) is 5.69 Å². The first-order valence-corrected chi connectivity index (χ1v) is 9.99. The van der Waals surface area contributed by atoms with E-state index in [1.807, 2.05) is 24.4 Å². The molecule has 0 aliphatic carbocycles. The monoisotopic (exact) mass is 469 g/mol. The second kappa shape index (κ2) is 7.94. The fraction of sp³-hybridized carbons (Fsp3) is 0. The van der Waals surface area contributed by atoms with Crippen molar-refractivity contribution in [1.82, 2.24) is 15.4 Å². The summed E-state index contributed by atoms with van der Waals surface area (Å²) in [6.45, 7) is 0. The molecule has 2 aromatic carbocycles. The lowest BCUT2D eigenvalue weighted by Crippen LogP contribution is -2.17. The summed E-state index contributed by atoms with van der Waals surface area (Å²) in [4.78, 5) is 30.1. The average Bonchev–Trinajstić information content (AvgIpc) is 3.35. The lowest BCUT2D eigenvalue weighted by molar-refractivity contribution is -0.384. The number of hydrogen-bond acceptors (Lipinski definition) is 6. The molecule has 0 saturated carbocycles. The van der Waals surface area contributed by atoms with Gasteiger partial charge in [-0.05, 0) is 35.9 Å². The quantitative estimate of drug-likeness (QED) is 0.250. The zero-order valence-electron chi connectivity index (χ0n) is 14.6. The number of nitro groups is 1. The molecule has 2 aromatic heterocycles. The van der Waals surface area contributed by atoms with E-state index >= 15 is 0 Å². The van der Waals surface area contributed by atoms with Gasteiger partial charge < -0.3 is 4.98 Å². The van der Waals surface area contributed by atoms with Crippen LogP contribution in [0.2, 0.25) is 0 Å². The Kier molecular flexibility index (Phi) is 5.19. The van der Waals surface area contributed by atoms with Crippen LogP contribution in [0.3, 0.4) is 0 Å². The fourth-order valence-corrected chi connectivity index (χ4v) is 3.87. The number of hydrazone groups is 1. The van der Waals surface area contributed by atoms with Gasteiger partial charge in [0.05, 0.1) is 11.1 Å². The van der Waals surface area contributed by atoms with Crippen LogP contribution in [0.15, 0.2) is 63.6 Å². The van der Waals surface area contributed by atoms with Crippen molar-refractivity contribution < 1.29 is 9.72 Å². The number of carbonyl (C=O) groups is 1. The van der Waals surface area contributed by atoms with Crippen molar-refractivity contribution in [3.63, 3.8) is 0 Å². The summed E-state index contributed by atoms with van der Waals surface area (Å²) in [6, 6.07) is 11.7. The number of aromatic nitrogens is 2. The van der Waals surface area contributed by atoms with Crippen LogP contribution >= 0.6 is 27.3 Å². The van der Waals surface area contributed by atoms with Gasteiger partial charge in [0.2, 0.25) is 0 Å². The van der Waals surface area contributed by atoms with Crippen molar-refractivity contribution in [2.75, 3.05) is 0 Å². The minimum Gasteiger partial charge on any atom is -0.360 e. The molecular formula is C19H12BrN5O3S. The second-order valence-corrected chi connectivity index (χ2v) is 7.75. The van der Waals surface area contributed by atoms with Crippen molar-refractivity contribution in [2.45, 2.75) is 0 Å². The van der Waals surface area contributed by atoms with Gasteiger partial charge in [-0.1, -0.05) is 15.9 Å². The molecule has 0 saturated heterocycles. The van der Waals surface area contributed by atoms with Gasteiger partial charge in [-0.2, -0.15) is 5.10 Å².